The molecule has 25 heavy (non-hydrogen) atoms. The zero-order valence-corrected chi connectivity index (χ0v) is 15.1. The zero-order valence-electron chi connectivity index (χ0n) is 13.6. The molecule has 0 radical (unpaired) electrons. The number of aromatic nitrogens is 3. The number of Topliss-reactive ketones (excluding diaryl/α,β-unsaturated/α-hetero) is 1. The Morgan fingerprint density at radius 2 is 2.16 bits per heavy atom. The number of nitriles is 1. The fourth-order valence-electron chi connectivity index (χ4n) is 2.13. The van der Waals surface area contributed by atoms with Crippen molar-refractivity contribution in [1.29, 1.82) is 10.7 Å². The molecule has 0 aliphatic rings. The van der Waals surface area contributed by atoms with Crippen LogP contribution in [0.3, 0.4) is 0 Å². The van der Waals surface area contributed by atoms with Crippen molar-refractivity contribution in [1.82, 2.24) is 14.8 Å². The van der Waals surface area contributed by atoms with Gasteiger partial charge in [-0.15, -0.1) is 16.8 Å². The third-order valence-electron chi connectivity index (χ3n) is 3.36. The van der Waals surface area contributed by atoms with E-state index in [1.807, 2.05) is 22.8 Å². The van der Waals surface area contributed by atoms with Gasteiger partial charge in [0.2, 0.25) is 0 Å². The highest BCUT2D eigenvalue weighted by Gasteiger charge is 2.22. The Morgan fingerprint density at radius 1 is 1.48 bits per heavy atom. The highest BCUT2D eigenvalue weighted by Crippen LogP contribution is 2.25. The van der Waals surface area contributed by atoms with E-state index in [-0.39, 0.29) is 17.2 Å². The average Bonchev–Trinajstić information content (AvgIpc) is 2.97. The lowest BCUT2D eigenvalue weighted by atomic mass is 10.0. The number of nitrogens with zero attached hydrogens (tertiary/aromatic N) is 4. The fraction of sp³-hybridized carbons (Fsp3) is 0.235. The van der Waals surface area contributed by atoms with E-state index in [2.05, 4.69) is 16.8 Å². The van der Waals surface area contributed by atoms with Crippen molar-refractivity contribution < 1.29 is 4.79 Å². The third-order valence-corrected chi connectivity index (χ3v) is 4.60. The first-order valence-corrected chi connectivity index (χ1v) is 8.74. The molecule has 0 aliphatic heterocycles. The predicted octanol–water partition coefficient (Wildman–Crippen LogP) is 3.63. The molecule has 6 nitrogen and oxygen atoms in total. The lowest BCUT2D eigenvalue weighted by molar-refractivity contribution is -0.117. The molecule has 1 unspecified atom stereocenters. The first-order chi connectivity index (χ1) is 12.0. The van der Waals surface area contributed by atoms with E-state index in [0.717, 1.165) is 5.56 Å². The quantitative estimate of drug-likeness (QED) is 0.433. The molecule has 2 rings (SSSR count). The molecule has 0 fully saturated rings. The van der Waals surface area contributed by atoms with Crippen molar-refractivity contribution in [2.24, 2.45) is 5.92 Å². The summed E-state index contributed by atoms with van der Waals surface area (Å²) in [6.07, 6.45) is 1.72. The van der Waals surface area contributed by atoms with Crippen molar-refractivity contribution >= 4 is 34.9 Å². The molecule has 1 N–H and O–H groups in total. The van der Waals surface area contributed by atoms with Gasteiger partial charge in [0.15, 0.2) is 16.8 Å². The Labute approximate surface area is 155 Å². The van der Waals surface area contributed by atoms with Gasteiger partial charge in [-0.2, -0.15) is 5.26 Å². The van der Waals surface area contributed by atoms with E-state index in [9.17, 15) is 4.79 Å². The SMILES string of the molecule is C=CCn1c(SCC(=O)C(C#N)C(C)=N)nnc1-c1ccc(Cl)cc1. The van der Waals surface area contributed by atoms with E-state index < -0.39 is 5.92 Å². The van der Waals surface area contributed by atoms with Crippen LogP contribution in [-0.4, -0.2) is 32.0 Å². The summed E-state index contributed by atoms with van der Waals surface area (Å²) in [5.41, 5.74) is 0.893. The van der Waals surface area contributed by atoms with E-state index in [1.165, 1.54) is 18.7 Å². The summed E-state index contributed by atoms with van der Waals surface area (Å²) >= 11 is 7.11. The number of halogens is 1. The Bertz CT molecular complexity index is 838. The van der Waals surface area contributed by atoms with Crippen LogP contribution in [0, 0.1) is 22.7 Å². The summed E-state index contributed by atoms with van der Waals surface area (Å²) in [5, 5.41) is 26.0. The first-order valence-electron chi connectivity index (χ1n) is 7.38. The minimum atomic E-state index is -1.01. The topological polar surface area (TPSA) is 95.4 Å². The van der Waals surface area contributed by atoms with Gasteiger partial charge in [-0.1, -0.05) is 29.4 Å². The molecule has 0 saturated heterocycles. The molecule has 1 aromatic carbocycles. The Balaban J connectivity index is 2.23. The van der Waals surface area contributed by atoms with Crippen LogP contribution in [0.2, 0.25) is 5.02 Å². The summed E-state index contributed by atoms with van der Waals surface area (Å²) in [4.78, 5) is 12.1. The van der Waals surface area contributed by atoms with E-state index >= 15 is 0 Å². The standard InChI is InChI=1S/C17H16ClN5OS/c1-3-8-23-16(12-4-6-13(18)7-5-12)21-22-17(23)25-10-15(24)14(9-19)11(2)20/h3-7,14,20H,1,8,10H2,2H3. The minimum absolute atomic E-state index is 0.0440. The van der Waals surface area contributed by atoms with Gasteiger partial charge in [0.1, 0.15) is 5.92 Å². The van der Waals surface area contributed by atoms with Crippen molar-refractivity contribution in [3.05, 3.63) is 41.9 Å². The van der Waals surface area contributed by atoms with Crippen molar-refractivity contribution in [3.63, 3.8) is 0 Å². The van der Waals surface area contributed by atoms with Crippen LogP contribution in [0.5, 0.6) is 0 Å². The Hall–Kier alpha value is -2.43. The Kier molecular flexibility index (Phi) is 6.51. The van der Waals surface area contributed by atoms with Gasteiger partial charge in [0.05, 0.1) is 11.8 Å². The maximum Gasteiger partial charge on any atom is 0.192 e. The second-order valence-electron chi connectivity index (χ2n) is 5.21. The molecular formula is C17H16ClN5OS. The number of benzene rings is 1. The average molecular weight is 374 g/mol. The van der Waals surface area contributed by atoms with Crippen LogP contribution in [0.25, 0.3) is 11.4 Å². The molecule has 0 bridgehead atoms. The van der Waals surface area contributed by atoms with Crippen molar-refractivity contribution in [2.75, 3.05) is 5.75 Å². The number of carbonyl (C=O) groups excluding carboxylic acids is 1. The molecular weight excluding hydrogens is 358 g/mol. The second-order valence-corrected chi connectivity index (χ2v) is 6.59. The molecule has 1 heterocycles. The van der Waals surface area contributed by atoms with Crippen LogP contribution in [0.1, 0.15) is 6.92 Å². The van der Waals surface area contributed by atoms with Gasteiger partial charge in [-0.25, -0.2) is 0 Å². The fourth-order valence-corrected chi connectivity index (χ4v) is 3.11. The second kappa shape index (κ2) is 8.60. The molecule has 0 saturated carbocycles. The van der Waals surface area contributed by atoms with Crippen molar-refractivity contribution in [2.45, 2.75) is 18.6 Å². The van der Waals surface area contributed by atoms with Gasteiger partial charge in [-0.05, 0) is 31.2 Å². The highest BCUT2D eigenvalue weighted by molar-refractivity contribution is 7.99. The monoisotopic (exact) mass is 373 g/mol. The number of nitrogens with one attached hydrogen (secondary N) is 1. The lowest BCUT2D eigenvalue weighted by Gasteiger charge is -2.09. The molecule has 0 aliphatic carbocycles. The minimum Gasteiger partial charge on any atom is -0.308 e. The van der Waals surface area contributed by atoms with Crippen LogP contribution >= 0.6 is 23.4 Å². The molecule has 8 heteroatoms. The summed E-state index contributed by atoms with van der Waals surface area (Å²) in [5.74, 6) is -0.642. The van der Waals surface area contributed by atoms with Gasteiger partial charge in [-0.3, -0.25) is 9.36 Å². The van der Waals surface area contributed by atoms with E-state index in [4.69, 9.17) is 22.3 Å². The van der Waals surface area contributed by atoms with Gasteiger partial charge < -0.3 is 5.41 Å². The number of allylic oxidation sites excluding steroid dienone is 1. The normalized spacial score (nSPS) is 11.6. The molecule has 0 spiro atoms. The first kappa shape index (κ1) is 18.9. The highest BCUT2D eigenvalue weighted by atomic mass is 35.5. The smallest absolute Gasteiger partial charge is 0.192 e. The summed E-state index contributed by atoms with van der Waals surface area (Å²) in [6.45, 7) is 5.67. The molecule has 0 amide bonds. The number of carbonyl (C=O) groups is 1. The number of ketones is 1. The summed E-state index contributed by atoms with van der Waals surface area (Å²) in [7, 11) is 0. The van der Waals surface area contributed by atoms with Crippen molar-refractivity contribution in [3.8, 4) is 17.5 Å². The van der Waals surface area contributed by atoms with E-state index in [0.29, 0.717) is 22.5 Å². The van der Waals surface area contributed by atoms with Crippen LogP contribution in [0.15, 0.2) is 42.1 Å². The number of hydrogen-bond acceptors (Lipinski definition) is 6. The molecule has 1 atom stereocenters. The zero-order chi connectivity index (χ0) is 18.4. The van der Waals surface area contributed by atoms with Crippen LogP contribution < -0.4 is 0 Å². The van der Waals surface area contributed by atoms with Crippen LogP contribution in [-0.2, 0) is 11.3 Å². The number of rotatable bonds is 8. The number of thioether (sulfide) groups is 1. The molecule has 128 valence electrons. The van der Waals surface area contributed by atoms with Crippen LogP contribution in [0.4, 0.5) is 0 Å². The third kappa shape index (κ3) is 4.56. The summed E-state index contributed by atoms with van der Waals surface area (Å²) < 4.78 is 1.84. The Morgan fingerprint density at radius 3 is 2.72 bits per heavy atom. The summed E-state index contributed by atoms with van der Waals surface area (Å²) in [6, 6.07) is 9.08. The van der Waals surface area contributed by atoms with Gasteiger partial charge >= 0.3 is 0 Å². The largest absolute Gasteiger partial charge is 0.308 e. The maximum absolute atomic E-state index is 12.1. The maximum atomic E-state index is 12.1. The molecule has 2 aromatic rings. The lowest BCUT2D eigenvalue weighted by Crippen LogP contribution is -2.21. The molecule has 1 aromatic heterocycles. The van der Waals surface area contributed by atoms with Gasteiger partial charge in [0.25, 0.3) is 0 Å². The predicted molar refractivity (Wildman–Crippen MR) is 98.9 cm³/mol. The van der Waals surface area contributed by atoms with E-state index in [1.54, 1.807) is 18.2 Å². The number of hydrogen-bond donors (Lipinski definition) is 1. The van der Waals surface area contributed by atoms with Gasteiger partial charge in [0, 0.05) is 22.8 Å².